The first-order valence-electron chi connectivity index (χ1n) is 7.71. The number of rotatable bonds is 3. The van der Waals surface area contributed by atoms with Gasteiger partial charge in [0.1, 0.15) is 5.82 Å². The fourth-order valence-electron chi connectivity index (χ4n) is 3.20. The predicted molar refractivity (Wildman–Crippen MR) is 100.0 cm³/mol. The fourth-order valence-corrected chi connectivity index (χ4v) is 3.61. The number of aromatic nitrogens is 1. The number of nitrogens with two attached hydrogens (primary N) is 1. The van der Waals surface area contributed by atoms with Crippen molar-refractivity contribution in [2.75, 3.05) is 0 Å². The highest BCUT2D eigenvalue weighted by Gasteiger charge is 2.17. The second-order valence-electron chi connectivity index (χ2n) is 5.82. The summed E-state index contributed by atoms with van der Waals surface area (Å²) < 4.78 is 16.8. The highest BCUT2D eigenvalue weighted by atomic mass is 79.9. The van der Waals surface area contributed by atoms with Crippen molar-refractivity contribution in [1.29, 1.82) is 0 Å². The molecule has 0 saturated heterocycles. The van der Waals surface area contributed by atoms with E-state index in [4.69, 9.17) is 5.73 Å². The van der Waals surface area contributed by atoms with Crippen LogP contribution in [0.4, 0.5) is 4.39 Å². The number of hydrogen-bond acceptors (Lipinski definition) is 1. The van der Waals surface area contributed by atoms with Gasteiger partial charge in [0.2, 0.25) is 5.91 Å². The summed E-state index contributed by atoms with van der Waals surface area (Å²) in [7, 11) is 0. The molecule has 3 nitrogen and oxygen atoms in total. The molecule has 0 saturated carbocycles. The molecule has 123 valence electrons. The SMILES string of the molecule is NC(=O)c1cccc2c1c1[c]cc(F)cc1n2Cc1ccccc1Br. The second-order valence-corrected chi connectivity index (χ2v) is 6.67. The smallest absolute Gasteiger partial charge is 0.249 e. The van der Waals surface area contributed by atoms with Gasteiger partial charge in [0.05, 0.1) is 11.0 Å². The van der Waals surface area contributed by atoms with Crippen LogP contribution in [0.3, 0.4) is 0 Å². The lowest BCUT2D eigenvalue weighted by Gasteiger charge is -2.10. The predicted octanol–water partition coefficient (Wildman–Crippen LogP) is 4.64. The molecule has 3 aromatic carbocycles. The number of nitrogens with zero attached hydrogens (tertiary/aromatic N) is 1. The van der Waals surface area contributed by atoms with E-state index in [9.17, 15) is 9.18 Å². The molecule has 0 spiro atoms. The zero-order valence-electron chi connectivity index (χ0n) is 13.1. The van der Waals surface area contributed by atoms with Gasteiger partial charge >= 0.3 is 0 Å². The third-order valence-electron chi connectivity index (χ3n) is 4.31. The molecule has 2 N–H and O–H groups in total. The maximum atomic E-state index is 13.9. The normalized spacial score (nSPS) is 11.3. The third-order valence-corrected chi connectivity index (χ3v) is 5.08. The Labute approximate surface area is 152 Å². The number of carbonyl (C=O) groups is 1. The van der Waals surface area contributed by atoms with Crippen molar-refractivity contribution in [3.8, 4) is 0 Å². The van der Waals surface area contributed by atoms with Crippen LogP contribution < -0.4 is 5.73 Å². The first kappa shape index (κ1) is 15.8. The number of hydrogen-bond donors (Lipinski definition) is 1. The Hall–Kier alpha value is -2.66. The van der Waals surface area contributed by atoms with E-state index in [1.54, 1.807) is 12.1 Å². The van der Waals surface area contributed by atoms with Gasteiger partial charge in [0.25, 0.3) is 0 Å². The van der Waals surface area contributed by atoms with Crippen LogP contribution in [-0.4, -0.2) is 10.5 Å². The number of fused-ring (bicyclic) bond motifs is 3. The van der Waals surface area contributed by atoms with E-state index >= 15 is 0 Å². The summed E-state index contributed by atoms with van der Waals surface area (Å²) in [4.78, 5) is 11.9. The Balaban J connectivity index is 2.08. The lowest BCUT2D eigenvalue weighted by atomic mass is 10.1. The molecule has 0 aliphatic carbocycles. The maximum Gasteiger partial charge on any atom is 0.249 e. The van der Waals surface area contributed by atoms with E-state index in [0.717, 1.165) is 15.6 Å². The van der Waals surface area contributed by atoms with Crippen molar-refractivity contribution in [1.82, 2.24) is 4.57 Å². The minimum absolute atomic E-state index is 0.371. The monoisotopic (exact) mass is 395 g/mol. The average Bonchev–Trinajstić information content (AvgIpc) is 2.90. The number of halogens is 2. The molecule has 25 heavy (non-hydrogen) atoms. The van der Waals surface area contributed by atoms with Gasteiger partial charge in [0, 0.05) is 27.4 Å². The highest BCUT2D eigenvalue weighted by Crippen LogP contribution is 2.33. The molecule has 0 atom stereocenters. The van der Waals surface area contributed by atoms with Gasteiger partial charge in [-0.2, -0.15) is 0 Å². The van der Waals surface area contributed by atoms with E-state index < -0.39 is 5.91 Å². The van der Waals surface area contributed by atoms with Gasteiger partial charge in [0.15, 0.2) is 0 Å². The first-order chi connectivity index (χ1) is 12.1. The average molecular weight is 396 g/mol. The van der Waals surface area contributed by atoms with Crippen LogP contribution in [0.2, 0.25) is 0 Å². The fraction of sp³-hybridized carbons (Fsp3) is 0.0500. The number of benzene rings is 3. The van der Waals surface area contributed by atoms with Gasteiger partial charge in [-0.1, -0.05) is 40.2 Å². The summed E-state index contributed by atoms with van der Waals surface area (Å²) in [6.07, 6.45) is 0. The Morgan fingerprint density at radius 3 is 2.72 bits per heavy atom. The Bertz CT molecular complexity index is 1130. The minimum atomic E-state index is -0.511. The van der Waals surface area contributed by atoms with E-state index in [-0.39, 0.29) is 5.82 Å². The molecule has 1 heterocycles. The second kappa shape index (κ2) is 6.01. The van der Waals surface area contributed by atoms with Gasteiger partial charge in [-0.3, -0.25) is 4.79 Å². The Morgan fingerprint density at radius 1 is 1.16 bits per heavy atom. The summed E-state index contributed by atoms with van der Waals surface area (Å²) in [5, 5.41) is 1.40. The number of carbonyl (C=O) groups excluding carboxylic acids is 1. The molecule has 0 unspecified atom stereocenters. The van der Waals surface area contributed by atoms with E-state index in [1.807, 2.05) is 34.9 Å². The first-order valence-corrected chi connectivity index (χ1v) is 8.51. The summed E-state index contributed by atoms with van der Waals surface area (Å²) in [6.45, 7) is 0.529. The Kier molecular flexibility index (Phi) is 3.81. The topological polar surface area (TPSA) is 48.0 Å². The molecule has 4 rings (SSSR count). The standard InChI is InChI=1S/C20H13BrFN2O/c21-16-6-2-1-4-12(16)11-24-17-7-3-5-15(20(23)25)19(17)14-9-8-13(22)10-18(14)24/h1-8,10H,11H2,(H2,23,25). The van der Waals surface area contributed by atoms with Crippen molar-refractivity contribution in [3.05, 3.63) is 82.1 Å². The summed E-state index contributed by atoms with van der Waals surface area (Å²) in [6, 6.07) is 18.9. The maximum absolute atomic E-state index is 13.9. The van der Waals surface area contributed by atoms with Crippen molar-refractivity contribution in [2.24, 2.45) is 5.73 Å². The summed E-state index contributed by atoms with van der Waals surface area (Å²) >= 11 is 3.55. The van der Waals surface area contributed by atoms with Gasteiger partial charge < -0.3 is 10.3 Å². The van der Waals surface area contributed by atoms with Crippen LogP contribution in [0.1, 0.15) is 15.9 Å². The minimum Gasteiger partial charge on any atom is -0.366 e. The van der Waals surface area contributed by atoms with Crippen LogP contribution in [-0.2, 0) is 6.54 Å². The lowest BCUT2D eigenvalue weighted by molar-refractivity contribution is 0.100. The molecule has 0 aliphatic rings. The molecule has 0 fully saturated rings. The largest absolute Gasteiger partial charge is 0.366 e. The summed E-state index contributed by atoms with van der Waals surface area (Å²) in [5.41, 5.74) is 8.51. The highest BCUT2D eigenvalue weighted by molar-refractivity contribution is 9.10. The van der Waals surface area contributed by atoms with Crippen LogP contribution >= 0.6 is 15.9 Å². The van der Waals surface area contributed by atoms with Crippen molar-refractivity contribution in [2.45, 2.75) is 6.54 Å². The third kappa shape index (κ3) is 2.61. The van der Waals surface area contributed by atoms with Crippen molar-refractivity contribution in [3.63, 3.8) is 0 Å². The lowest BCUT2D eigenvalue weighted by Crippen LogP contribution is -2.11. The van der Waals surface area contributed by atoms with Crippen LogP contribution in [0.25, 0.3) is 21.8 Å². The molecule has 1 amide bonds. The van der Waals surface area contributed by atoms with Crippen LogP contribution in [0, 0.1) is 11.9 Å². The zero-order valence-corrected chi connectivity index (χ0v) is 14.7. The van der Waals surface area contributed by atoms with Crippen molar-refractivity contribution < 1.29 is 9.18 Å². The van der Waals surface area contributed by atoms with E-state index in [1.165, 1.54) is 12.1 Å². The molecule has 0 aliphatic heterocycles. The molecule has 0 bridgehead atoms. The van der Waals surface area contributed by atoms with Gasteiger partial charge in [-0.15, -0.1) is 0 Å². The molecule has 4 aromatic rings. The Morgan fingerprint density at radius 2 is 1.96 bits per heavy atom. The molecule has 5 heteroatoms. The quantitative estimate of drug-likeness (QED) is 0.539. The molecule has 1 radical (unpaired) electrons. The van der Waals surface area contributed by atoms with E-state index in [0.29, 0.717) is 28.4 Å². The molecular weight excluding hydrogens is 383 g/mol. The number of primary amides is 1. The van der Waals surface area contributed by atoms with E-state index in [2.05, 4.69) is 22.0 Å². The summed E-state index contributed by atoms with van der Waals surface area (Å²) in [5.74, 6) is -0.882. The molecule has 1 aromatic heterocycles. The van der Waals surface area contributed by atoms with Crippen LogP contribution in [0.5, 0.6) is 0 Å². The van der Waals surface area contributed by atoms with Crippen LogP contribution in [0.15, 0.2) is 59.1 Å². The van der Waals surface area contributed by atoms with Crippen molar-refractivity contribution >= 4 is 43.6 Å². The van der Waals surface area contributed by atoms with Gasteiger partial charge in [-0.25, -0.2) is 4.39 Å². The zero-order chi connectivity index (χ0) is 17.6. The number of amides is 1. The van der Waals surface area contributed by atoms with Gasteiger partial charge in [-0.05, 0) is 42.0 Å². The molecular formula is C20H13BrFN2O.